The Morgan fingerprint density at radius 1 is 0.533 bits per heavy atom. The van der Waals surface area contributed by atoms with E-state index in [0.717, 1.165) is 61.8 Å². The number of para-hydroxylation sites is 3. The van der Waals surface area contributed by atoms with Crippen LogP contribution in [0, 0.1) is 6.92 Å². The largest absolute Gasteiger partial charge is 0.309 e. The van der Waals surface area contributed by atoms with Gasteiger partial charge in [-0.25, -0.2) is 4.98 Å². The molecule has 5 heteroatoms. The summed E-state index contributed by atoms with van der Waals surface area (Å²) in [6, 6.07) is 59.9. The minimum atomic E-state index is -0.0388. The van der Waals surface area contributed by atoms with Gasteiger partial charge >= 0.3 is 0 Å². The maximum atomic E-state index is 5.20. The van der Waals surface area contributed by atoms with Crippen molar-refractivity contribution in [1.29, 1.82) is 0 Å². The van der Waals surface area contributed by atoms with E-state index in [1.54, 1.807) is 0 Å². The van der Waals surface area contributed by atoms with Crippen molar-refractivity contribution in [3.8, 4) is 39.3 Å². The zero-order valence-corrected chi connectivity index (χ0v) is 33.8. The standard InChI is InChI=1S/C55H41N5/c1-5-6-22-48-35(2)56-54-59(38-16-8-7-9-17-38)52-44-20-12-15-24-50(44)58(53(52)60(48)54)40-30-32-51-45(34-40)43-19-11-14-23-49(43)57(51)39-28-25-36(26-29-39)37-27-31-42-41-18-10-13-21-46(41)55(3,4)47(42)33-37/h5-34H,1H2,2-4H3/b22-6-. The Morgan fingerprint density at radius 3 is 1.97 bits per heavy atom. The van der Waals surface area contributed by atoms with Crippen LogP contribution in [0.4, 0.5) is 0 Å². The van der Waals surface area contributed by atoms with Gasteiger partial charge in [-0.1, -0.05) is 136 Å². The Kier molecular flexibility index (Phi) is 7.27. The van der Waals surface area contributed by atoms with Crippen molar-refractivity contribution in [3.05, 3.63) is 205 Å². The molecule has 0 unspecified atom stereocenters. The maximum Gasteiger partial charge on any atom is 0.221 e. The van der Waals surface area contributed by atoms with Crippen LogP contribution in [0.1, 0.15) is 36.4 Å². The third-order valence-electron chi connectivity index (χ3n) is 12.9. The van der Waals surface area contributed by atoms with Crippen molar-refractivity contribution in [2.45, 2.75) is 26.2 Å². The average molecular weight is 772 g/mol. The predicted octanol–water partition coefficient (Wildman–Crippen LogP) is 13.8. The molecule has 0 bridgehead atoms. The smallest absolute Gasteiger partial charge is 0.221 e. The number of aromatic nitrogens is 5. The number of imidazole rings is 2. The summed E-state index contributed by atoms with van der Waals surface area (Å²) in [5.41, 5.74) is 18.8. The Balaban J connectivity index is 1.04. The van der Waals surface area contributed by atoms with E-state index in [9.17, 15) is 0 Å². The Labute approximate surface area is 348 Å². The maximum absolute atomic E-state index is 5.20. The molecule has 1 aliphatic rings. The summed E-state index contributed by atoms with van der Waals surface area (Å²) in [6.45, 7) is 10.8. The molecule has 0 spiro atoms. The van der Waals surface area contributed by atoms with Gasteiger partial charge in [-0.05, 0) is 107 Å². The molecule has 0 amide bonds. The van der Waals surface area contributed by atoms with Crippen LogP contribution in [0.3, 0.4) is 0 Å². The van der Waals surface area contributed by atoms with Crippen LogP contribution in [0.15, 0.2) is 183 Å². The molecule has 11 aromatic rings. The Hall–Kier alpha value is -7.63. The fourth-order valence-corrected chi connectivity index (χ4v) is 10.1. The fourth-order valence-electron chi connectivity index (χ4n) is 10.1. The number of hydrogen-bond acceptors (Lipinski definition) is 1. The predicted molar refractivity (Wildman–Crippen MR) is 250 cm³/mol. The van der Waals surface area contributed by atoms with Gasteiger partial charge in [0.25, 0.3) is 0 Å². The summed E-state index contributed by atoms with van der Waals surface area (Å²) >= 11 is 0. The third kappa shape index (κ3) is 4.71. The number of hydrogen-bond donors (Lipinski definition) is 0. The van der Waals surface area contributed by atoms with Crippen LogP contribution in [0.2, 0.25) is 0 Å². The van der Waals surface area contributed by atoms with E-state index in [2.05, 4.69) is 215 Å². The second-order valence-corrected chi connectivity index (χ2v) is 16.5. The Morgan fingerprint density at radius 2 is 1.17 bits per heavy atom. The molecule has 4 heterocycles. The van der Waals surface area contributed by atoms with Crippen molar-refractivity contribution < 1.29 is 0 Å². The molecule has 0 N–H and O–H groups in total. The minimum Gasteiger partial charge on any atom is -0.309 e. The fraction of sp³-hybridized carbons (Fsp3) is 0.0727. The van der Waals surface area contributed by atoms with E-state index in [1.165, 1.54) is 49.7 Å². The lowest BCUT2D eigenvalue weighted by atomic mass is 9.81. The highest BCUT2D eigenvalue weighted by molar-refractivity contribution is 6.12. The first-order chi connectivity index (χ1) is 29.4. The highest BCUT2D eigenvalue weighted by atomic mass is 15.3. The van der Waals surface area contributed by atoms with Gasteiger partial charge in [0.1, 0.15) is 5.52 Å². The molecule has 0 radical (unpaired) electrons. The molecular weight excluding hydrogens is 731 g/mol. The first kappa shape index (κ1) is 34.4. The third-order valence-corrected chi connectivity index (χ3v) is 12.9. The van der Waals surface area contributed by atoms with E-state index >= 15 is 0 Å². The van der Waals surface area contributed by atoms with E-state index in [-0.39, 0.29) is 5.41 Å². The summed E-state index contributed by atoms with van der Waals surface area (Å²) in [5, 5.41) is 3.58. The lowest BCUT2D eigenvalue weighted by Gasteiger charge is -2.22. The molecular formula is C55H41N5. The quantitative estimate of drug-likeness (QED) is 0.155. The van der Waals surface area contributed by atoms with Crippen molar-refractivity contribution in [3.63, 3.8) is 0 Å². The summed E-state index contributed by atoms with van der Waals surface area (Å²) in [7, 11) is 0. The molecule has 0 saturated carbocycles. The van der Waals surface area contributed by atoms with Crippen LogP contribution in [0.25, 0.3) is 95.0 Å². The van der Waals surface area contributed by atoms with Gasteiger partial charge in [0.2, 0.25) is 5.78 Å². The molecule has 0 fully saturated rings. The minimum absolute atomic E-state index is 0.0388. The van der Waals surface area contributed by atoms with Crippen molar-refractivity contribution in [2.75, 3.05) is 0 Å². The first-order valence-electron chi connectivity index (χ1n) is 20.7. The number of fused-ring (bicyclic) bond motifs is 11. The summed E-state index contributed by atoms with van der Waals surface area (Å²) in [6.07, 6.45) is 5.93. The molecule has 7 aromatic carbocycles. The van der Waals surface area contributed by atoms with E-state index in [1.807, 2.05) is 12.2 Å². The summed E-state index contributed by atoms with van der Waals surface area (Å²) in [5.74, 6) is 0.877. The topological polar surface area (TPSA) is 32.1 Å². The molecule has 12 rings (SSSR count). The van der Waals surface area contributed by atoms with Crippen LogP contribution in [0.5, 0.6) is 0 Å². The van der Waals surface area contributed by atoms with Crippen molar-refractivity contribution in [1.82, 2.24) is 23.1 Å². The normalized spacial score (nSPS) is 13.4. The van der Waals surface area contributed by atoms with Gasteiger partial charge in [-0.15, -0.1) is 0 Å². The molecule has 4 aromatic heterocycles. The number of aryl methyl sites for hydroxylation is 1. The Bertz CT molecular complexity index is 3580. The van der Waals surface area contributed by atoms with Gasteiger partial charge < -0.3 is 4.57 Å². The molecule has 0 saturated heterocycles. The van der Waals surface area contributed by atoms with Crippen LogP contribution < -0.4 is 0 Å². The van der Waals surface area contributed by atoms with Gasteiger partial charge in [-0.2, -0.15) is 0 Å². The number of benzene rings is 7. The van der Waals surface area contributed by atoms with Crippen molar-refractivity contribution in [2.24, 2.45) is 0 Å². The molecule has 1 aliphatic carbocycles. The van der Waals surface area contributed by atoms with Gasteiger partial charge in [0.05, 0.1) is 27.9 Å². The van der Waals surface area contributed by atoms with Crippen molar-refractivity contribution >= 4 is 55.7 Å². The number of rotatable bonds is 6. The highest BCUT2D eigenvalue weighted by Gasteiger charge is 2.35. The molecule has 0 atom stereocenters. The lowest BCUT2D eigenvalue weighted by molar-refractivity contribution is 0.660. The molecule has 0 aliphatic heterocycles. The van der Waals surface area contributed by atoms with Gasteiger partial charge in [0.15, 0.2) is 5.65 Å². The number of allylic oxidation sites excluding steroid dienone is 2. The highest BCUT2D eigenvalue weighted by Crippen LogP contribution is 2.49. The van der Waals surface area contributed by atoms with Gasteiger partial charge in [-0.3, -0.25) is 13.5 Å². The molecule has 5 nitrogen and oxygen atoms in total. The monoisotopic (exact) mass is 771 g/mol. The first-order valence-corrected chi connectivity index (χ1v) is 20.7. The second-order valence-electron chi connectivity index (χ2n) is 16.5. The van der Waals surface area contributed by atoms with E-state index in [0.29, 0.717) is 0 Å². The summed E-state index contributed by atoms with van der Waals surface area (Å²) in [4.78, 5) is 5.20. The zero-order valence-electron chi connectivity index (χ0n) is 33.8. The average Bonchev–Trinajstić information content (AvgIpc) is 4.04. The van der Waals surface area contributed by atoms with E-state index in [4.69, 9.17) is 4.98 Å². The van der Waals surface area contributed by atoms with E-state index < -0.39 is 0 Å². The van der Waals surface area contributed by atoms with Crippen LogP contribution in [-0.4, -0.2) is 23.1 Å². The van der Waals surface area contributed by atoms with Gasteiger partial charge in [0, 0.05) is 38.6 Å². The zero-order chi connectivity index (χ0) is 40.3. The lowest BCUT2D eigenvalue weighted by Crippen LogP contribution is -2.14. The molecule has 60 heavy (non-hydrogen) atoms. The number of nitrogens with zero attached hydrogens (tertiary/aromatic N) is 5. The van der Waals surface area contributed by atoms with Crippen LogP contribution >= 0.6 is 0 Å². The second kappa shape index (κ2) is 12.7. The summed E-state index contributed by atoms with van der Waals surface area (Å²) < 4.78 is 9.45. The SMILES string of the molecule is C=C/C=C\c1c(C)nc2n(-c3ccccc3)c3c4ccccc4n(-c4ccc5c(c4)c4ccccc4n5-c4ccc(-c5ccc6c(c5)C(C)(C)c5ccccc5-6)cc4)c3n12. The van der Waals surface area contributed by atoms with Crippen LogP contribution in [-0.2, 0) is 5.41 Å². The molecule has 286 valence electrons.